The molecule has 0 atom stereocenters. The molecule has 5 nitrogen and oxygen atoms in total. The Morgan fingerprint density at radius 1 is 1.32 bits per heavy atom. The number of anilines is 2. The van der Waals surface area contributed by atoms with Gasteiger partial charge in [-0.25, -0.2) is 0 Å². The van der Waals surface area contributed by atoms with Crippen LogP contribution in [0.25, 0.3) is 0 Å². The molecule has 0 saturated carbocycles. The monoisotopic (exact) mass is 280 g/mol. The molecule has 0 bridgehead atoms. The van der Waals surface area contributed by atoms with Crippen molar-refractivity contribution >= 4 is 29.1 Å². The van der Waals surface area contributed by atoms with E-state index in [1.54, 1.807) is 12.1 Å². The van der Waals surface area contributed by atoms with Crippen molar-refractivity contribution in [3.05, 3.63) is 47.2 Å². The maximum Gasteiger partial charge on any atom is 0.291 e. The Labute approximate surface area is 115 Å². The average Bonchev–Trinajstić information content (AvgIpc) is 2.79. The summed E-state index contributed by atoms with van der Waals surface area (Å²) in [6.07, 6.45) is 0. The van der Waals surface area contributed by atoms with E-state index >= 15 is 0 Å². The van der Waals surface area contributed by atoms with Crippen molar-refractivity contribution in [2.75, 3.05) is 23.8 Å². The molecule has 0 saturated heterocycles. The zero-order valence-electron chi connectivity index (χ0n) is 10.0. The lowest BCUT2D eigenvalue weighted by Gasteiger charge is -2.02. The normalized spacial score (nSPS) is 10.2. The molecule has 0 aliphatic heterocycles. The molecule has 2 rings (SSSR count). The van der Waals surface area contributed by atoms with Crippen LogP contribution in [0, 0.1) is 0 Å². The molecule has 3 N–H and O–H groups in total. The van der Waals surface area contributed by atoms with Crippen molar-refractivity contribution in [3.8, 4) is 0 Å². The summed E-state index contributed by atoms with van der Waals surface area (Å²) in [5, 5.41) is 14.5. The van der Waals surface area contributed by atoms with Crippen LogP contribution in [0.1, 0.15) is 10.6 Å². The quantitative estimate of drug-likeness (QED) is 0.787. The molecule has 2 aromatic rings. The van der Waals surface area contributed by atoms with E-state index in [1.807, 2.05) is 18.2 Å². The molecule has 0 unspecified atom stereocenters. The van der Waals surface area contributed by atoms with E-state index in [0.717, 1.165) is 0 Å². The van der Waals surface area contributed by atoms with Crippen LogP contribution in [-0.2, 0) is 0 Å². The van der Waals surface area contributed by atoms with Crippen LogP contribution in [0.5, 0.6) is 0 Å². The van der Waals surface area contributed by atoms with E-state index < -0.39 is 0 Å². The van der Waals surface area contributed by atoms with Crippen molar-refractivity contribution in [2.24, 2.45) is 0 Å². The number of amides is 1. The summed E-state index contributed by atoms with van der Waals surface area (Å²) in [4.78, 5) is 11.9. The van der Waals surface area contributed by atoms with Crippen LogP contribution >= 0.6 is 11.6 Å². The molecule has 0 radical (unpaired) electrons. The van der Waals surface area contributed by atoms with Crippen LogP contribution in [0.3, 0.4) is 0 Å². The summed E-state index contributed by atoms with van der Waals surface area (Å²) in [6, 6.07) is 10.5. The van der Waals surface area contributed by atoms with Gasteiger partial charge in [0.2, 0.25) is 5.88 Å². The van der Waals surface area contributed by atoms with Crippen LogP contribution < -0.4 is 10.6 Å². The van der Waals surface area contributed by atoms with Crippen molar-refractivity contribution in [2.45, 2.75) is 0 Å². The van der Waals surface area contributed by atoms with Crippen LogP contribution in [-0.4, -0.2) is 24.2 Å². The first-order valence-corrected chi connectivity index (χ1v) is 6.09. The number of hydrogen-bond acceptors (Lipinski definition) is 4. The van der Waals surface area contributed by atoms with Gasteiger partial charge >= 0.3 is 0 Å². The van der Waals surface area contributed by atoms with E-state index in [1.165, 1.54) is 6.07 Å². The number of furan rings is 1. The van der Waals surface area contributed by atoms with Gasteiger partial charge in [0.25, 0.3) is 5.91 Å². The summed E-state index contributed by atoms with van der Waals surface area (Å²) >= 11 is 5.91. The van der Waals surface area contributed by atoms with Gasteiger partial charge in [-0.05, 0) is 12.1 Å². The molecule has 0 aliphatic carbocycles. The Morgan fingerprint density at radius 2 is 2.05 bits per heavy atom. The molecule has 1 heterocycles. The van der Waals surface area contributed by atoms with E-state index in [4.69, 9.17) is 21.1 Å². The second-order valence-electron chi connectivity index (χ2n) is 3.76. The van der Waals surface area contributed by atoms with E-state index in [0.29, 0.717) is 17.3 Å². The standard InChI is InChI=1S/C13H13ClN2O3/c14-10-8-11(19-13(10)15-6-7-17)12(18)16-9-4-2-1-3-5-9/h1-5,8,15,17H,6-7H2,(H,16,18). The Kier molecular flexibility index (Phi) is 4.43. The number of nitrogens with one attached hydrogen (secondary N) is 2. The van der Waals surface area contributed by atoms with Gasteiger partial charge in [-0.2, -0.15) is 0 Å². The molecule has 1 aromatic carbocycles. The fourth-order valence-electron chi connectivity index (χ4n) is 1.48. The number of aliphatic hydroxyl groups is 1. The first-order valence-electron chi connectivity index (χ1n) is 5.71. The maximum atomic E-state index is 11.9. The van der Waals surface area contributed by atoms with Gasteiger partial charge < -0.3 is 20.2 Å². The largest absolute Gasteiger partial charge is 0.434 e. The number of hydrogen-bond donors (Lipinski definition) is 3. The number of aliphatic hydroxyl groups excluding tert-OH is 1. The molecule has 6 heteroatoms. The molecule has 0 spiro atoms. The SMILES string of the molecule is O=C(Nc1ccccc1)c1cc(Cl)c(NCCO)o1. The fraction of sp³-hybridized carbons (Fsp3) is 0.154. The van der Waals surface area contributed by atoms with Crippen LogP contribution in [0.4, 0.5) is 11.6 Å². The highest BCUT2D eigenvalue weighted by Crippen LogP contribution is 2.26. The minimum atomic E-state index is -0.384. The Bertz CT molecular complexity index is 554. The van der Waals surface area contributed by atoms with Gasteiger partial charge in [-0.15, -0.1) is 0 Å². The summed E-state index contributed by atoms with van der Waals surface area (Å²) in [5.41, 5.74) is 0.671. The van der Waals surface area contributed by atoms with E-state index in [2.05, 4.69) is 10.6 Å². The zero-order valence-corrected chi connectivity index (χ0v) is 10.8. The third-order valence-corrected chi connectivity index (χ3v) is 2.62. The Morgan fingerprint density at radius 3 is 2.74 bits per heavy atom. The highest BCUT2D eigenvalue weighted by molar-refractivity contribution is 6.33. The van der Waals surface area contributed by atoms with Gasteiger partial charge in [0, 0.05) is 18.3 Å². The lowest BCUT2D eigenvalue weighted by atomic mass is 10.3. The highest BCUT2D eigenvalue weighted by Gasteiger charge is 2.15. The van der Waals surface area contributed by atoms with Crippen LogP contribution in [0.15, 0.2) is 40.8 Å². The van der Waals surface area contributed by atoms with E-state index in [9.17, 15) is 4.79 Å². The van der Waals surface area contributed by atoms with Crippen molar-refractivity contribution < 1.29 is 14.3 Å². The minimum absolute atomic E-state index is 0.0530. The number of benzene rings is 1. The van der Waals surface area contributed by atoms with Gasteiger partial charge in [0.1, 0.15) is 5.02 Å². The van der Waals surface area contributed by atoms with Crippen molar-refractivity contribution in [3.63, 3.8) is 0 Å². The molecule has 100 valence electrons. The van der Waals surface area contributed by atoms with Gasteiger partial charge in [0.15, 0.2) is 5.76 Å². The van der Waals surface area contributed by atoms with Gasteiger partial charge in [-0.3, -0.25) is 4.79 Å². The maximum absolute atomic E-state index is 11.9. The Balaban J connectivity index is 2.07. The molecule has 0 fully saturated rings. The number of carbonyl (C=O) groups excluding carboxylic acids is 1. The van der Waals surface area contributed by atoms with Crippen molar-refractivity contribution in [1.82, 2.24) is 0 Å². The summed E-state index contributed by atoms with van der Waals surface area (Å²) in [7, 11) is 0. The van der Waals surface area contributed by atoms with Gasteiger partial charge in [-0.1, -0.05) is 29.8 Å². The summed E-state index contributed by atoms with van der Waals surface area (Å²) in [6.45, 7) is 0.246. The highest BCUT2D eigenvalue weighted by atomic mass is 35.5. The molecule has 1 amide bonds. The predicted octanol–water partition coefficient (Wildman–Crippen LogP) is 2.59. The van der Waals surface area contributed by atoms with E-state index in [-0.39, 0.29) is 24.2 Å². The lowest BCUT2D eigenvalue weighted by Crippen LogP contribution is -2.10. The minimum Gasteiger partial charge on any atom is -0.434 e. The second-order valence-corrected chi connectivity index (χ2v) is 4.17. The molecule has 1 aromatic heterocycles. The first-order chi connectivity index (χ1) is 9.20. The van der Waals surface area contributed by atoms with Gasteiger partial charge in [0.05, 0.1) is 6.61 Å². The summed E-state index contributed by atoms with van der Waals surface area (Å²) in [5.74, 6) is -0.00614. The number of rotatable bonds is 5. The smallest absolute Gasteiger partial charge is 0.291 e. The third-order valence-electron chi connectivity index (χ3n) is 2.34. The molecular formula is C13H13ClN2O3. The second kappa shape index (κ2) is 6.26. The first kappa shape index (κ1) is 13.5. The zero-order chi connectivity index (χ0) is 13.7. The van der Waals surface area contributed by atoms with Crippen LogP contribution in [0.2, 0.25) is 5.02 Å². The molecule has 0 aliphatic rings. The molecule has 19 heavy (non-hydrogen) atoms. The number of halogens is 1. The topological polar surface area (TPSA) is 74.5 Å². The predicted molar refractivity (Wildman–Crippen MR) is 73.7 cm³/mol. The third kappa shape index (κ3) is 3.49. The number of para-hydroxylation sites is 1. The summed E-state index contributed by atoms with van der Waals surface area (Å²) < 4.78 is 5.28. The fourth-order valence-corrected chi connectivity index (χ4v) is 1.69. The lowest BCUT2D eigenvalue weighted by molar-refractivity contribution is 0.0997. The number of carbonyl (C=O) groups is 1. The molecular weight excluding hydrogens is 268 g/mol. The van der Waals surface area contributed by atoms with Crippen molar-refractivity contribution in [1.29, 1.82) is 0 Å². The Hall–Kier alpha value is -1.98. The average molecular weight is 281 g/mol.